The second kappa shape index (κ2) is 25.3. The van der Waals surface area contributed by atoms with Gasteiger partial charge in [0, 0.05) is 43.9 Å². The van der Waals surface area contributed by atoms with Crippen LogP contribution in [-0.4, -0.2) is 51.2 Å². The number of aromatic nitrogens is 6. The quantitative estimate of drug-likeness (QED) is 0.0589. The Balaban J connectivity index is 0.000000245. The van der Waals surface area contributed by atoms with Gasteiger partial charge in [0.05, 0.1) is 52.1 Å². The van der Waals surface area contributed by atoms with Crippen LogP contribution in [0.1, 0.15) is 154 Å². The lowest BCUT2D eigenvalue weighted by molar-refractivity contribution is 0.152. The molecular weight excluding hydrogens is 883 g/mol. The molecular formula is C52H71BClN6O8. The van der Waals surface area contributed by atoms with Gasteiger partial charge in [-0.25, -0.2) is 14.6 Å². The van der Waals surface area contributed by atoms with Gasteiger partial charge in [0.25, 0.3) is 11.1 Å². The molecule has 0 aliphatic heterocycles. The first-order valence-electron chi connectivity index (χ1n) is 23.8. The van der Waals surface area contributed by atoms with E-state index in [1.807, 2.05) is 84.0 Å². The molecule has 0 aliphatic carbocycles. The number of fused-ring (bicyclic) bond motifs is 2. The molecule has 1 radical (unpaired) electrons. The smallest absolute Gasteiger partial charge is 0.537 e. The number of pyridine rings is 2. The molecule has 2 aromatic carbocycles. The van der Waals surface area contributed by atoms with Crippen molar-refractivity contribution in [2.45, 2.75) is 145 Å². The maximum absolute atomic E-state index is 13.6. The zero-order valence-electron chi connectivity index (χ0n) is 41.9. The molecule has 0 fully saturated rings. The third-order valence-electron chi connectivity index (χ3n) is 11.9. The standard InChI is InChI=1S/C26H35N3O3.C17H24ClN3O3.C9H12BO2/c1-7-8-13-29-25(31)22-20(28(6)26(29)32)15-27-24(23(22)21(30)14-16(2)3)19-12-10-9-11-18(19)17(4)5;1-5-6-7-21-16(23)13-11(20(4)17(21)24)9-19-15(18)14(13)12(22)8-10(2)3;1-7(2)8-5-3-4-6-9(8)12-10-11/h9-12,15-17,21,30H,7-8,13-14H2,1-6H3;9-10,12,22H,5-8H2,1-4H3;3-7,11H,1-2H3. The van der Waals surface area contributed by atoms with Crippen LogP contribution in [0.4, 0.5) is 0 Å². The van der Waals surface area contributed by atoms with E-state index in [0.717, 1.165) is 48.1 Å². The predicted octanol–water partition coefficient (Wildman–Crippen LogP) is 9.11. The van der Waals surface area contributed by atoms with Crippen molar-refractivity contribution in [3.63, 3.8) is 0 Å². The first kappa shape index (κ1) is 55.3. The summed E-state index contributed by atoms with van der Waals surface area (Å²) in [5.74, 6) is 1.82. The van der Waals surface area contributed by atoms with E-state index < -0.39 is 17.8 Å². The predicted molar refractivity (Wildman–Crippen MR) is 275 cm³/mol. The highest BCUT2D eigenvalue weighted by molar-refractivity contribution is 6.31. The van der Waals surface area contributed by atoms with Crippen molar-refractivity contribution < 1.29 is 19.9 Å². The van der Waals surface area contributed by atoms with E-state index in [1.165, 1.54) is 24.5 Å². The Bertz CT molecular complexity index is 2890. The molecule has 0 aliphatic rings. The Morgan fingerprint density at radius 2 is 1.09 bits per heavy atom. The fourth-order valence-corrected chi connectivity index (χ4v) is 8.58. The molecule has 68 heavy (non-hydrogen) atoms. The summed E-state index contributed by atoms with van der Waals surface area (Å²) < 4.78 is 10.3. The van der Waals surface area contributed by atoms with Crippen LogP contribution in [0.25, 0.3) is 33.1 Å². The Morgan fingerprint density at radius 1 is 0.647 bits per heavy atom. The van der Waals surface area contributed by atoms with Crippen molar-refractivity contribution in [1.82, 2.24) is 28.2 Å². The number of benzene rings is 2. The monoisotopic (exact) mass is 954 g/mol. The molecule has 0 bridgehead atoms. The molecule has 6 rings (SSSR count). The molecule has 3 N–H and O–H groups in total. The average molecular weight is 954 g/mol. The van der Waals surface area contributed by atoms with E-state index in [2.05, 4.69) is 38.7 Å². The summed E-state index contributed by atoms with van der Waals surface area (Å²) in [6, 6.07) is 15.7. The van der Waals surface area contributed by atoms with Gasteiger partial charge in [-0.3, -0.25) is 32.8 Å². The van der Waals surface area contributed by atoms with Gasteiger partial charge in [-0.05, 0) is 66.5 Å². The molecule has 0 amide bonds. The van der Waals surface area contributed by atoms with E-state index in [9.17, 15) is 29.4 Å². The second-order valence-corrected chi connectivity index (χ2v) is 19.1. The highest BCUT2D eigenvalue weighted by Crippen LogP contribution is 2.37. The molecule has 0 saturated carbocycles. The first-order chi connectivity index (χ1) is 32.2. The summed E-state index contributed by atoms with van der Waals surface area (Å²) in [6.07, 6.45) is 5.39. The van der Waals surface area contributed by atoms with Crippen molar-refractivity contribution in [2.24, 2.45) is 25.9 Å². The van der Waals surface area contributed by atoms with Crippen LogP contribution >= 0.6 is 11.6 Å². The summed E-state index contributed by atoms with van der Waals surface area (Å²) in [7, 11) is 3.97. The molecule has 16 heteroatoms. The lowest BCUT2D eigenvalue weighted by Crippen LogP contribution is -2.39. The fourth-order valence-electron chi connectivity index (χ4n) is 8.32. The van der Waals surface area contributed by atoms with E-state index in [4.69, 9.17) is 26.3 Å². The molecule has 6 aromatic rings. The van der Waals surface area contributed by atoms with Crippen LogP contribution < -0.4 is 27.2 Å². The van der Waals surface area contributed by atoms with Crippen LogP contribution in [0, 0.1) is 11.8 Å². The molecule has 2 atom stereocenters. The Morgan fingerprint density at radius 3 is 1.56 bits per heavy atom. The van der Waals surface area contributed by atoms with Crippen molar-refractivity contribution in [1.29, 1.82) is 0 Å². The molecule has 4 heterocycles. The van der Waals surface area contributed by atoms with Gasteiger partial charge in [-0.2, -0.15) is 0 Å². The third-order valence-corrected chi connectivity index (χ3v) is 12.2. The Hall–Kier alpha value is -5.35. The number of rotatable bonds is 17. The molecule has 4 aromatic heterocycles. The minimum absolute atomic E-state index is 0.105. The van der Waals surface area contributed by atoms with Crippen LogP contribution in [0.15, 0.2) is 80.1 Å². The number of halogens is 1. The minimum atomic E-state index is -0.904. The number of nitrogens with zero attached hydrogens (tertiary/aromatic N) is 6. The normalized spacial score (nSPS) is 12.4. The van der Waals surface area contributed by atoms with Gasteiger partial charge in [0.1, 0.15) is 10.9 Å². The van der Waals surface area contributed by atoms with Crippen molar-refractivity contribution in [2.75, 3.05) is 0 Å². The van der Waals surface area contributed by atoms with Gasteiger partial charge in [0.2, 0.25) is 0 Å². The van der Waals surface area contributed by atoms with Crippen molar-refractivity contribution in [3.8, 4) is 17.0 Å². The van der Waals surface area contributed by atoms with E-state index in [1.54, 1.807) is 20.3 Å². The average Bonchev–Trinajstić information content (AvgIpc) is 3.29. The number of unbranched alkanes of at least 4 members (excludes halogenated alkanes) is 2. The number of aliphatic hydroxyl groups is 2. The zero-order chi connectivity index (χ0) is 50.6. The summed E-state index contributed by atoms with van der Waals surface area (Å²) in [4.78, 5) is 60.7. The molecule has 0 saturated heterocycles. The van der Waals surface area contributed by atoms with Gasteiger partial charge < -0.3 is 19.9 Å². The molecule has 0 spiro atoms. The Kier molecular flexibility index (Phi) is 20.6. The van der Waals surface area contributed by atoms with Gasteiger partial charge >= 0.3 is 19.1 Å². The minimum Gasteiger partial charge on any atom is -0.537 e. The highest BCUT2D eigenvalue weighted by Gasteiger charge is 2.27. The van der Waals surface area contributed by atoms with E-state index in [-0.39, 0.29) is 45.2 Å². The summed E-state index contributed by atoms with van der Waals surface area (Å²) >= 11 is 6.20. The fraction of sp³-hybridized carbons (Fsp3) is 0.500. The lowest BCUT2D eigenvalue weighted by atomic mass is 9.89. The van der Waals surface area contributed by atoms with Crippen molar-refractivity contribution >= 4 is 41.1 Å². The van der Waals surface area contributed by atoms with E-state index in [0.29, 0.717) is 72.8 Å². The zero-order valence-corrected chi connectivity index (χ0v) is 42.7. The number of hydrogen-bond donors (Lipinski definition) is 3. The largest absolute Gasteiger partial charge is 0.569 e. The van der Waals surface area contributed by atoms with E-state index >= 15 is 0 Å². The summed E-state index contributed by atoms with van der Waals surface area (Å²) in [5.41, 5.74) is 3.93. The van der Waals surface area contributed by atoms with Gasteiger partial charge in [-0.15, -0.1) is 0 Å². The maximum atomic E-state index is 13.6. The number of para-hydroxylation sites is 1. The Labute approximate surface area is 405 Å². The van der Waals surface area contributed by atoms with Crippen LogP contribution in [0.2, 0.25) is 5.15 Å². The van der Waals surface area contributed by atoms with Crippen molar-refractivity contribution in [3.05, 3.63) is 130 Å². The third kappa shape index (κ3) is 12.8. The van der Waals surface area contributed by atoms with Crippen LogP contribution in [0.5, 0.6) is 5.75 Å². The number of hydrogen-bond acceptors (Lipinski definition) is 10. The highest BCUT2D eigenvalue weighted by atomic mass is 35.5. The molecule has 2 unspecified atom stereocenters. The van der Waals surface area contributed by atoms with Gasteiger partial charge in [0.15, 0.2) is 0 Å². The summed E-state index contributed by atoms with van der Waals surface area (Å²) in [6.45, 7) is 21.2. The van der Waals surface area contributed by atoms with Gasteiger partial charge in [-0.1, -0.05) is 136 Å². The second-order valence-electron chi connectivity index (χ2n) is 18.8. The summed E-state index contributed by atoms with van der Waals surface area (Å²) in [5, 5.41) is 31.1. The maximum Gasteiger partial charge on any atom is 0.569 e. The topological polar surface area (TPSA) is 184 Å². The number of aliphatic hydroxyl groups excluding tert-OH is 2. The molecule has 14 nitrogen and oxygen atoms in total. The lowest BCUT2D eigenvalue weighted by Gasteiger charge is -2.22. The van der Waals surface area contributed by atoms with Crippen LogP contribution in [-0.2, 0) is 27.2 Å². The SMILES string of the molecule is CC(C)c1ccccc1O[B]O.CCCCn1c(=O)c2c(C(O)CC(C)C)c(-c3ccccc3C(C)C)ncc2n(C)c1=O.CCCCn1c(=O)c2c(C(O)CC(C)C)c(Cl)ncc2n(C)c1=O. The molecule has 367 valence electrons. The number of aryl methyl sites for hydroxylation is 2. The first-order valence-corrected chi connectivity index (χ1v) is 24.2. The van der Waals surface area contributed by atoms with Crippen LogP contribution in [0.3, 0.4) is 0 Å².